The molecule has 7 heteroatoms. The van der Waals surface area contributed by atoms with Gasteiger partial charge in [-0.2, -0.15) is 25.3 Å². The van der Waals surface area contributed by atoms with Crippen LogP contribution in [0.3, 0.4) is 0 Å². The summed E-state index contributed by atoms with van der Waals surface area (Å²) in [5, 5.41) is 11.3. The van der Waals surface area contributed by atoms with Gasteiger partial charge in [-0.1, -0.05) is 6.42 Å². The van der Waals surface area contributed by atoms with Gasteiger partial charge in [-0.05, 0) is 19.4 Å². The van der Waals surface area contributed by atoms with E-state index in [1.54, 1.807) is 0 Å². The molecule has 2 N–H and O–H groups in total. The van der Waals surface area contributed by atoms with Crippen molar-refractivity contribution in [1.29, 1.82) is 0 Å². The van der Waals surface area contributed by atoms with Gasteiger partial charge in [0.2, 0.25) is 5.91 Å². The summed E-state index contributed by atoms with van der Waals surface area (Å²) in [5.41, 5.74) is 0. The van der Waals surface area contributed by atoms with E-state index in [2.05, 4.69) is 30.6 Å². The van der Waals surface area contributed by atoms with Crippen LogP contribution in [0.25, 0.3) is 0 Å². The highest BCUT2D eigenvalue weighted by Gasteiger charge is 2.09. The number of unbranched alkanes of at least 4 members (excludes halogenated alkanes) is 2. The summed E-state index contributed by atoms with van der Waals surface area (Å²) in [6, 6.07) is 0. The Balaban J connectivity index is 3.78. The summed E-state index contributed by atoms with van der Waals surface area (Å²) in [6.45, 7) is 2.51. The quantitative estimate of drug-likeness (QED) is 0.319. The van der Waals surface area contributed by atoms with E-state index in [0.717, 1.165) is 25.9 Å². The molecule has 1 amide bonds. The zero-order valence-electron chi connectivity index (χ0n) is 11.2. The van der Waals surface area contributed by atoms with E-state index in [-0.39, 0.29) is 12.3 Å². The molecule has 112 valence electrons. The van der Waals surface area contributed by atoms with E-state index in [1.807, 2.05) is 4.90 Å². The topological polar surface area (TPSA) is 69.6 Å². The minimum atomic E-state index is -0.752. The van der Waals surface area contributed by atoms with Crippen molar-refractivity contribution >= 4 is 37.1 Å². The monoisotopic (exact) mass is 308 g/mol. The van der Waals surface area contributed by atoms with E-state index in [9.17, 15) is 9.59 Å². The van der Waals surface area contributed by atoms with Crippen LogP contribution < -0.4 is 5.32 Å². The lowest BCUT2D eigenvalue weighted by Gasteiger charge is -2.20. The highest BCUT2D eigenvalue weighted by atomic mass is 32.1. The molecule has 19 heavy (non-hydrogen) atoms. The lowest BCUT2D eigenvalue weighted by atomic mass is 10.2. The summed E-state index contributed by atoms with van der Waals surface area (Å²) >= 11 is 8.21. The standard InChI is InChI=1S/C12H24N2O3S2/c15-11(13-5-8-18)10-14(7-9-19)6-3-1-2-4-12(16)17/h18-19H,1-10H2,(H,13,15)(H,16,17). The van der Waals surface area contributed by atoms with Crippen molar-refractivity contribution in [3.05, 3.63) is 0 Å². The predicted octanol–water partition coefficient (Wildman–Crippen LogP) is 0.909. The molecule has 0 aromatic heterocycles. The molecule has 0 radical (unpaired) electrons. The van der Waals surface area contributed by atoms with E-state index >= 15 is 0 Å². The number of nitrogens with one attached hydrogen (secondary N) is 1. The molecule has 0 unspecified atom stereocenters. The Hall–Kier alpha value is -0.400. The van der Waals surface area contributed by atoms with Crippen LogP contribution in [0.2, 0.25) is 0 Å². The predicted molar refractivity (Wildman–Crippen MR) is 83.3 cm³/mol. The molecule has 0 spiro atoms. The van der Waals surface area contributed by atoms with Crippen molar-refractivity contribution < 1.29 is 14.7 Å². The van der Waals surface area contributed by atoms with E-state index in [0.29, 0.717) is 31.0 Å². The number of rotatable bonds is 12. The number of aliphatic carboxylic acids is 1. The Bertz CT molecular complexity index is 265. The second kappa shape index (κ2) is 12.6. The number of carbonyl (C=O) groups is 2. The average Bonchev–Trinajstić information content (AvgIpc) is 2.35. The molecule has 0 aromatic carbocycles. The first-order chi connectivity index (χ1) is 9.10. The fourth-order valence-electron chi connectivity index (χ4n) is 1.65. The van der Waals surface area contributed by atoms with Gasteiger partial charge in [0.05, 0.1) is 6.54 Å². The molecule has 0 aliphatic rings. The van der Waals surface area contributed by atoms with Crippen molar-refractivity contribution in [1.82, 2.24) is 10.2 Å². The Morgan fingerprint density at radius 3 is 2.37 bits per heavy atom. The second-order valence-electron chi connectivity index (χ2n) is 4.28. The molecule has 0 fully saturated rings. The van der Waals surface area contributed by atoms with Crippen LogP contribution in [0.5, 0.6) is 0 Å². The van der Waals surface area contributed by atoms with E-state index in [1.165, 1.54) is 0 Å². The molecule has 0 heterocycles. The summed E-state index contributed by atoms with van der Waals surface area (Å²) in [7, 11) is 0. The lowest BCUT2D eigenvalue weighted by Crippen LogP contribution is -2.39. The van der Waals surface area contributed by atoms with Gasteiger partial charge < -0.3 is 10.4 Å². The van der Waals surface area contributed by atoms with Crippen LogP contribution >= 0.6 is 25.3 Å². The zero-order valence-corrected chi connectivity index (χ0v) is 13.0. The van der Waals surface area contributed by atoms with Crippen molar-refractivity contribution in [2.75, 3.05) is 37.7 Å². The molecule has 0 aliphatic heterocycles. The number of amides is 1. The number of nitrogens with zero attached hydrogens (tertiary/aromatic N) is 1. The molecule has 0 aromatic rings. The van der Waals surface area contributed by atoms with Crippen molar-refractivity contribution in [3.8, 4) is 0 Å². The maximum Gasteiger partial charge on any atom is 0.303 e. The zero-order chi connectivity index (χ0) is 14.5. The number of carbonyl (C=O) groups excluding carboxylic acids is 1. The number of hydrogen-bond donors (Lipinski definition) is 4. The van der Waals surface area contributed by atoms with Gasteiger partial charge >= 0.3 is 5.97 Å². The van der Waals surface area contributed by atoms with Gasteiger partial charge in [-0.15, -0.1) is 0 Å². The summed E-state index contributed by atoms with van der Waals surface area (Å²) < 4.78 is 0. The minimum Gasteiger partial charge on any atom is -0.481 e. The van der Waals surface area contributed by atoms with Crippen LogP contribution in [0.1, 0.15) is 25.7 Å². The van der Waals surface area contributed by atoms with Gasteiger partial charge in [0, 0.05) is 31.0 Å². The minimum absolute atomic E-state index is 0.00127. The molecular formula is C12H24N2O3S2. The molecule has 0 aliphatic carbocycles. The Labute approximate surface area is 125 Å². The van der Waals surface area contributed by atoms with Crippen LogP contribution in [0.15, 0.2) is 0 Å². The van der Waals surface area contributed by atoms with Crippen LogP contribution in [0.4, 0.5) is 0 Å². The SMILES string of the molecule is O=C(O)CCCCCN(CCS)CC(=O)NCCS. The van der Waals surface area contributed by atoms with Gasteiger partial charge in [-0.25, -0.2) is 0 Å². The third kappa shape index (κ3) is 12.4. The number of hydrogen-bond acceptors (Lipinski definition) is 5. The first kappa shape index (κ1) is 18.6. The van der Waals surface area contributed by atoms with E-state index in [4.69, 9.17) is 5.11 Å². The lowest BCUT2D eigenvalue weighted by molar-refractivity contribution is -0.137. The van der Waals surface area contributed by atoms with Crippen molar-refractivity contribution in [3.63, 3.8) is 0 Å². The smallest absolute Gasteiger partial charge is 0.303 e. The van der Waals surface area contributed by atoms with Crippen molar-refractivity contribution in [2.45, 2.75) is 25.7 Å². The molecule has 0 saturated heterocycles. The normalized spacial score (nSPS) is 10.7. The number of carboxylic acids is 1. The number of thiol groups is 2. The Morgan fingerprint density at radius 1 is 1.05 bits per heavy atom. The highest BCUT2D eigenvalue weighted by molar-refractivity contribution is 7.80. The van der Waals surface area contributed by atoms with Gasteiger partial charge in [0.25, 0.3) is 0 Å². The molecule has 5 nitrogen and oxygen atoms in total. The van der Waals surface area contributed by atoms with Crippen molar-refractivity contribution in [2.24, 2.45) is 0 Å². The average molecular weight is 308 g/mol. The molecular weight excluding hydrogens is 284 g/mol. The molecule has 0 rings (SSSR count). The van der Waals surface area contributed by atoms with Gasteiger partial charge in [0.15, 0.2) is 0 Å². The second-order valence-corrected chi connectivity index (χ2v) is 5.17. The van der Waals surface area contributed by atoms with Crippen LogP contribution in [0, 0.1) is 0 Å². The first-order valence-corrected chi connectivity index (χ1v) is 7.79. The van der Waals surface area contributed by atoms with E-state index < -0.39 is 5.97 Å². The maximum absolute atomic E-state index is 11.6. The molecule has 0 saturated carbocycles. The fraction of sp³-hybridized carbons (Fsp3) is 0.833. The summed E-state index contributed by atoms with van der Waals surface area (Å²) in [6.07, 6.45) is 2.68. The largest absolute Gasteiger partial charge is 0.481 e. The highest BCUT2D eigenvalue weighted by Crippen LogP contribution is 2.02. The first-order valence-electron chi connectivity index (χ1n) is 6.52. The Morgan fingerprint density at radius 2 is 1.79 bits per heavy atom. The molecule has 0 atom stereocenters. The van der Waals surface area contributed by atoms with Crippen LogP contribution in [-0.2, 0) is 9.59 Å². The van der Waals surface area contributed by atoms with Gasteiger partial charge in [-0.3, -0.25) is 14.5 Å². The maximum atomic E-state index is 11.6. The fourth-order valence-corrected chi connectivity index (χ4v) is 2.05. The number of carboxylic acid groups (broad SMARTS) is 1. The third-order valence-electron chi connectivity index (χ3n) is 2.58. The van der Waals surface area contributed by atoms with Gasteiger partial charge in [0.1, 0.15) is 0 Å². The Kier molecular flexibility index (Phi) is 12.4. The third-order valence-corrected chi connectivity index (χ3v) is 3.01. The summed E-state index contributed by atoms with van der Waals surface area (Å²) in [5.74, 6) is 0.586. The van der Waals surface area contributed by atoms with Crippen LogP contribution in [-0.4, -0.2) is 59.6 Å². The molecule has 0 bridgehead atoms. The summed E-state index contributed by atoms with van der Waals surface area (Å²) in [4.78, 5) is 24.0.